The number of rotatable bonds is 7. The van der Waals surface area contributed by atoms with Crippen LogP contribution in [0.4, 0.5) is 0 Å². The normalized spacial score (nSPS) is 12.0. The number of nitrogens with one attached hydrogen (secondary N) is 1. The number of hydrogen-bond donors (Lipinski definition) is 2. The molecule has 0 saturated carbocycles. The minimum atomic E-state index is -0.879. The van der Waals surface area contributed by atoms with Crippen LogP contribution in [0.2, 0.25) is 0 Å². The Kier molecular flexibility index (Phi) is 5.13. The predicted octanol–water partition coefficient (Wildman–Crippen LogP) is 2.43. The lowest BCUT2D eigenvalue weighted by Gasteiger charge is -2.14. The van der Waals surface area contributed by atoms with Crippen molar-refractivity contribution in [3.05, 3.63) is 46.0 Å². The number of aliphatic carboxylic acids is 1. The van der Waals surface area contributed by atoms with E-state index in [1.807, 2.05) is 17.5 Å². The average molecular weight is 309 g/mol. The Hall–Kier alpha value is -2.12. The summed E-state index contributed by atoms with van der Waals surface area (Å²) < 4.78 is 9.84. The molecule has 21 heavy (non-hydrogen) atoms. The van der Waals surface area contributed by atoms with Crippen LogP contribution in [0.15, 0.2) is 34.3 Å². The molecule has 0 saturated heterocycles. The predicted molar refractivity (Wildman–Crippen MR) is 76.2 cm³/mol. The second kappa shape index (κ2) is 7.05. The topological polar surface area (TPSA) is 88.8 Å². The van der Waals surface area contributed by atoms with Crippen molar-refractivity contribution in [2.75, 3.05) is 7.11 Å². The third-order valence-electron chi connectivity index (χ3n) is 2.86. The maximum absolute atomic E-state index is 11.3. The first-order valence-corrected chi connectivity index (χ1v) is 7.12. The number of carboxylic acid groups (broad SMARTS) is 1. The van der Waals surface area contributed by atoms with E-state index in [2.05, 4.69) is 10.1 Å². The van der Waals surface area contributed by atoms with Gasteiger partial charge >= 0.3 is 11.9 Å². The van der Waals surface area contributed by atoms with Crippen LogP contribution in [-0.4, -0.2) is 24.2 Å². The zero-order valence-corrected chi connectivity index (χ0v) is 12.2. The molecule has 0 bridgehead atoms. The van der Waals surface area contributed by atoms with Gasteiger partial charge in [-0.2, -0.15) is 0 Å². The van der Waals surface area contributed by atoms with Gasteiger partial charge in [-0.3, -0.25) is 4.79 Å². The molecule has 1 atom stereocenters. The van der Waals surface area contributed by atoms with Crippen LogP contribution >= 0.6 is 11.3 Å². The molecule has 0 spiro atoms. The summed E-state index contributed by atoms with van der Waals surface area (Å²) in [6.45, 7) is 0.326. The summed E-state index contributed by atoms with van der Waals surface area (Å²) in [4.78, 5) is 23.2. The molecule has 112 valence electrons. The van der Waals surface area contributed by atoms with Gasteiger partial charge in [-0.25, -0.2) is 4.79 Å². The molecule has 2 N–H and O–H groups in total. The maximum Gasteiger partial charge on any atom is 0.341 e. The minimum Gasteiger partial charge on any atom is -0.481 e. The SMILES string of the molecule is COC(=O)c1coc(CNC(CC(=O)O)c2cccs2)c1. The summed E-state index contributed by atoms with van der Waals surface area (Å²) in [5, 5.41) is 14.0. The zero-order chi connectivity index (χ0) is 15.2. The second-order valence-corrected chi connectivity index (χ2v) is 5.32. The Morgan fingerprint density at radius 2 is 2.33 bits per heavy atom. The molecule has 0 amide bonds. The lowest BCUT2D eigenvalue weighted by atomic mass is 10.1. The molecule has 0 radical (unpaired) electrons. The van der Waals surface area contributed by atoms with E-state index in [0.717, 1.165) is 4.88 Å². The van der Waals surface area contributed by atoms with Crippen molar-refractivity contribution in [2.24, 2.45) is 0 Å². The van der Waals surface area contributed by atoms with E-state index in [0.29, 0.717) is 17.9 Å². The number of carbonyl (C=O) groups is 2. The van der Waals surface area contributed by atoms with Gasteiger partial charge in [-0.1, -0.05) is 6.07 Å². The number of carboxylic acids is 1. The van der Waals surface area contributed by atoms with Crippen LogP contribution in [0.5, 0.6) is 0 Å². The largest absolute Gasteiger partial charge is 0.481 e. The number of thiophene rings is 1. The van der Waals surface area contributed by atoms with Crippen LogP contribution in [0.1, 0.15) is 33.5 Å². The van der Waals surface area contributed by atoms with E-state index in [1.165, 1.54) is 24.7 Å². The van der Waals surface area contributed by atoms with Crippen molar-refractivity contribution in [1.29, 1.82) is 0 Å². The highest BCUT2D eigenvalue weighted by atomic mass is 32.1. The van der Waals surface area contributed by atoms with Gasteiger partial charge in [0.25, 0.3) is 0 Å². The van der Waals surface area contributed by atoms with Crippen molar-refractivity contribution in [3.8, 4) is 0 Å². The maximum atomic E-state index is 11.3. The Balaban J connectivity index is 2.00. The molecular formula is C14H15NO5S. The van der Waals surface area contributed by atoms with E-state index < -0.39 is 11.9 Å². The van der Waals surface area contributed by atoms with E-state index in [4.69, 9.17) is 9.52 Å². The third-order valence-corrected chi connectivity index (χ3v) is 3.85. The molecule has 2 heterocycles. The molecule has 2 aromatic heterocycles. The van der Waals surface area contributed by atoms with E-state index in [-0.39, 0.29) is 12.5 Å². The first-order valence-electron chi connectivity index (χ1n) is 6.24. The van der Waals surface area contributed by atoms with Crippen molar-refractivity contribution in [1.82, 2.24) is 5.32 Å². The summed E-state index contributed by atoms with van der Waals surface area (Å²) in [7, 11) is 1.30. The zero-order valence-electron chi connectivity index (χ0n) is 11.4. The summed E-state index contributed by atoms with van der Waals surface area (Å²) in [6.07, 6.45) is 1.30. The summed E-state index contributed by atoms with van der Waals surface area (Å²) in [5.41, 5.74) is 0.334. The van der Waals surface area contributed by atoms with Crippen LogP contribution in [-0.2, 0) is 16.1 Å². The molecule has 0 aliphatic heterocycles. The van der Waals surface area contributed by atoms with Gasteiger partial charge in [0.2, 0.25) is 0 Å². The Bertz CT molecular complexity index is 605. The highest BCUT2D eigenvalue weighted by Gasteiger charge is 2.17. The molecule has 0 aromatic carbocycles. The Morgan fingerprint density at radius 3 is 2.95 bits per heavy atom. The molecule has 7 heteroatoms. The fraction of sp³-hybridized carbons (Fsp3) is 0.286. The van der Waals surface area contributed by atoms with Crippen molar-refractivity contribution in [3.63, 3.8) is 0 Å². The van der Waals surface area contributed by atoms with Gasteiger partial charge in [-0.05, 0) is 17.5 Å². The van der Waals surface area contributed by atoms with Crippen LogP contribution in [0.3, 0.4) is 0 Å². The van der Waals surface area contributed by atoms with E-state index >= 15 is 0 Å². The highest BCUT2D eigenvalue weighted by molar-refractivity contribution is 7.10. The van der Waals surface area contributed by atoms with Crippen molar-refractivity contribution in [2.45, 2.75) is 19.0 Å². The fourth-order valence-electron chi connectivity index (χ4n) is 1.86. The number of methoxy groups -OCH3 is 1. The molecule has 1 unspecified atom stereocenters. The molecule has 6 nitrogen and oxygen atoms in total. The van der Waals surface area contributed by atoms with Gasteiger partial charge in [0, 0.05) is 4.88 Å². The van der Waals surface area contributed by atoms with Gasteiger partial charge in [0.15, 0.2) is 0 Å². The van der Waals surface area contributed by atoms with Gasteiger partial charge < -0.3 is 19.6 Å². The van der Waals surface area contributed by atoms with Crippen molar-refractivity contribution >= 4 is 23.3 Å². The van der Waals surface area contributed by atoms with Gasteiger partial charge in [-0.15, -0.1) is 11.3 Å². The number of carbonyl (C=O) groups excluding carboxylic acids is 1. The number of furan rings is 1. The minimum absolute atomic E-state index is 0.0227. The summed E-state index contributed by atoms with van der Waals surface area (Å²) in [6, 6.07) is 5.03. The second-order valence-electron chi connectivity index (χ2n) is 4.34. The fourth-order valence-corrected chi connectivity index (χ4v) is 2.66. The van der Waals surface area contributed by atoms with Crippen LogP contribution in [0.25, 0.3) is 0 Å². The smallest absolute Gasteiger partial charge is 0.341 e. The summed E-state index contributed by atoms with van der Waals surface area (Å²) >= 11 is 1.49. The molecule has 2 aromatic rings. The number of hydrogen-bond acceptors (Lipinski definition) is 6. The molecule has 2 rings (SSSR count). The van der Waals surface area contributed by atoms with E-state index in [1.54, 1.807) is 6.07 Å². The van der Waals surface area contributed by atoms with Gasteiger partial charge in [0.1, 0.15) is 12.0 Å². The molecule has 0 aliphatic carbocycles. The third kappa shape index (κ3) is 4.17. The molecular weight excluding hydrogens is 294 g/mol. The first kappa shape index (κ1) is 15.3. The number of ether oxygens (including phenoxy) is 1. The standard InChI is InChI=1S/C14H15NO5S/c1-19-14(18)9-5-10(20-8-9)7-15-11(6-13(16)17)12-3-2-4-21-12/h2-5,8,11,15H,6-7H2,1H3,(H,16,17). The quantitative estimate of drug-likeness (QED) is 0.764. The van der Waals surface area contributed by atoms with Crippen LogP contribution < -0.4 is 5.32 Å². The first-order chi connectivity index (χ1) is 10.1. The highest BCUT2D eigenvalue weighted by Crippen LogP contribution is 2.22. The lowest BCUT2D eigenvalue weighted by molar-refractivity contribution is -0.137. The lowest BCUT2D eigenvalue weighted by Crippen LogP contribution is -2.22. The van der Waals surface area contributed by atoms with Gasteiger partial charge in [0.05, 0.1) is 31.7 Å². The van der Waals surface area contributed by atoms with Crippen LogP contribution in [0, 0.1) is 0 Å². The Morgan fingerprint density at radius 1 is 1.52 bits per heavy atom. The summed E-state index contributed by atoms with van der Waals surface area (Å²) in [5.74, 6) is -0.803. The molecule has 0 aliphatic rings. The van der Waals surface area contributed by atoms with E-state index in [9.17, 15) is 9.59 Å². The monoisotopic (exact) mass is 309 g/mol. The number of esters is 1. The van der Waals surface area contributed by atoms with Crippen molar-refractivity contribution < 1.29 is 23.8 Å². The Labute approximate surface area is 125 Å². The average Bonchev–Trinajstić information content (AvgIpc) is 3.13. The molecule has 0 fully saturated rings.